The van der Waals surface area contributed by atoms with Gasteiger partial charge in [0.15, 0.2) is 0 Å². The van der Waals surface area contributed by atoms with Gasteiger partial charge in [0.2, 0.25) is 5.12 Å². The van der Waals surface area contributed by atoms with E-state index in [0.717, 1.165) is 11.3 Å². The van der Waals surface area contributed by atoms with Gasteiger partial charge >= 0.3 is 0 Å². The van der Waals surface area contributed by atoms with Crippen molar-refractivity contribution in [2.75, 3.05) is 5.75 Å². The summed E-state index contributed by atoms with van der Waals surface area (Å²) in [7, 11) is 0. The molecule has 0 radical (unpaired) electrons. The van der Waals surface area contributed by atoms with E-state index in [1.54, 1.807) is 0 Å². The molecule has 0 N–H and O–H groups in total. The molecule has 0 saturated heterocycles. The summed E-state index contributed by atoms with van der Waals surface area (Å²) in [5.74, 6) is 0.812. The van der Waals surface area contributed by atoms with Crippen molar-refractivity contribution in [2.24, 2.45) is 0 Å². The lowest BCUT2D eigenvalue weighted by Gasteiger charge is -2.03. The predicted octanol–water partition coefficient (Wildman–Crippen LogP) is 3.07. The van der Waals surface area contributed by atoms with Gasteiger partial charge in [-0.25, -0.2) is 0 Å². The molecule has 2 heteroatoms. The zero-order chi connectivity index (χ0) is 10.4. The molecular formula is C12H14OS. The van der Waals surface area contributed by atoms with Crippen molar-refractivity contribution in [3.05, 3.63) is 48.0 Å². The average molecular weight is 206 g/mol. The van der Waals surface area contributed by atoms with Crippen molar-refractivity contribution < 1.29 is 4.79 Å². The van der Waals surface area contributed by atoms with Crippen molar-refractivity contribution in [3.8, 4) is 0 Å². The lowest BCUT2D eigenvalue weighted by molar-refractivity contribution is -0.107. The normalized spacial score (nSPS) is 9.79. The monoisotopic (exact) mass is 206 g/mol. The molecule has 0 fully saturated rings. The highest BCUT2D eigenvalue weighted by Gasteiger charge is 2.06. The van der Waals surface area contributed by atoms with Gasteiger partial charge in [0.25, 0.3) is 0 Å². The molecule has 1 aromatic carbocycles. The second-order valence-corrected chi connectivity index (χ2v) is 4.22. The molecule has 0 aromatic heterocycles. The molecule has 1 nitrogen and oxygen atoms in total. The number of hydrogen-bond acceptors (Lipinski definition) is 2. The van der Waals surface area contributed by atoms with Crippen LogP contribution in [0.4, 0.5) is 0 Å². The van der Waals surface area contributed by atoms with Gasteiger partial charge in [-0.05, 0) is 11.3 Å². The van der Waals surface area contributed by atoms with Crippen LogP contribution in [0.1, 0.15) is 12.5 Å². The molecule has 0 saturated carbocycles. The fourth-order valence-electron chi connectivity index (χ4n) is 1.15. The minimum atomic E-state index is 0.108. The molecule has 0 spiro atoms. The molecule has 0 aliphatic rings. The highest BCUT2D eigenvalue weighted by molar-refractivity contribution is 8.14. The smallest absolute Gasteiger partial charge is 0.215 e. The van der Waals surface area contributed by atoms with Crippen molar-refractivity contribution in [2.45, 2.75) is 13.3 Å². The summed E-state index contributed by atoms with van der Waals surface area (Å²) in [6, 6.07) is 9.93. The van der Waals surface area contributed by atoms with Gasteiger partial charge in [-0.3, -0.25) is 4.79 Å². The van der Waals surface area contributed by atoms with Crippen LogP contribution >= 0.6 is 11.8 Å². The van der Waals surface area contributed by atoms with Crippen LogP contribution < -0.4 is 0 Å². The summed E-state index contributed by atoms with van der Waals surface area (Å²) in [4.78, 5) is 11.4. The minimum Gasteiger partial charge on any atom is -0.282 e. The first-order valence-electron chi connectivity index (χ1n) is 4.63. The molecule has 14 heavy (non-hydrogen) atoms. The maximum Gasteiger partial charge on any atom is 0.215 e. The summed E-state index contributed by atoms with van der Waals surface area (Å²) in [5, 5.41) is 0.108. The minimum absolute atomic E-state index is 0.108. The molecule has 0 unspecified atom stereocenters. The van der Waals surface area contributed by atoms with Crippen molar-refractivity contribution in [1.29, 1.82) is 0 Å². The number of benzene rings is 1. The SMILES string of the molecule is C=C(Cc1ccccc1)C(=O)SCC. The Labute approximate surface area is 89.2 Å². The topological polar surface area (TPSA) is 17.1 Å². The second-order valence-electron chi connectivity index (χ2n) is 2.99. The fraction of sp³-hybridized carbons (Fsp3) is 0.250. The van der Waals surface area contributed by atoms with E-state index in [9.17, 15) is 4.79 Å². The van der Waals surface area contributed by atoms with Gasteiger partial charge in [0, 0.05) is 12.0 Å². The quantitative estimate of drug-likeness (QED) is 0.704. The first-order chi connectivity index (χ1) is 6.74. The number of carbonyl (C=O) groups excluding carboxylic acids is 1. The third-order valence-corrected chi connectivity index (χ3v) is 2.66. The van der Waals surface area contributed by atoms with E-state index >= 15 is 0 Å². The Morgan fingerprint density at radius 3 is 2.57 bits per heavy atom. The number of carbonyl (C=O) groups is 1. The van der Waals surface area contributed by atoms with E-state index in [1.165, 1.54) is 11.8 Å². The molecule has 0 atom stereocenters. The van der Waals surface area contributed by atoms with E-state index < -0.39 is 0 Å². The van der Waals surface area contributed by atoms with Crippen LogP contribution in [0, 0.1) is 0 Å². The molecule has 74 valence electrons. The zero-order valence-corrected chi connectivity index (χ0v) is 9.14. The van der Waals surface area contributed by atoms with Crippen LogP contribution in [0.3, 0.4) is 0 Å². The van der Waals surface area contributed by atoms with Crippen LogP contribution in [-0.4, -0.2) is 10.9 Å². The number of thioether (sulfide) groups is 1. The van der Waals surface area contributed by atoms with E-state index in [4.69, 9.17) is 0 Å². The molecule has 0 bridgehead atoms. The Kier molecular flexibility index (Phi) is 4.47. The Morgan fingerprint density at radius 2 is 2.00 bits per heavy atom. The van der Waals surface area contributed by atoms with Gasteiger partial charge in [-0.2, -0.15) is 0 Å². The Morgan fingerprint density at radius 1 is 1.36 bits per heavy atom. The second kappa shape index (κ2) is 5.66. The summed E-state index contributed by atoms with van der Waals surface area (Å²) in [6.45, 7) is 5.77. The molecule has 1 rings (SSSR count). The lowest BCUT2D eigenvalue weighted by Crippen LogP contribution is -1.99. The van der Waals surface area contributed by atoms with Crippen LogP contribution in [0.2, 0.25) is 0 Å². The lowest BCUT2D eigenvalue weighted by atomic mass is 10.1. The van der Waals surface area contributed by atoms with Crippen LogP contribution in [-0.2, 0) is 11.2 Å². The van der Waals surface area contributed by atoms with Crippen molar-refractivity contribution >= 4 is 16.9 Å². The third kappa shape index (κ3) is 3.38. The number of rotatable bonds is 4. The molecule has 0 amide bonds. The maximum absolute atomic E-state index is 11.4. The first kappa shape index (κ1) is 11.1. The average Bonchev–Trinajstić information content (AvgIpc) is 2.19. The molecule has 0 heterocycles. The highest BCUT2D eigenvalue weighted by Crippen LogP contribution is 2.13. The molecule has 1 aromatic rings. The zero-order valence-electron chi connectivity index (χ0n) is 8.32. The number of hydrogen-bond donors (Lipinski definition) is 0. The fourth-order valence-corrected chi connectivity index (χ4v) is 1.69. The van der Waals surface area contributed by atoms with Crippen LogP contribution in [0.15, 0.2) is 42.5 Å². The van der Waals surface area contributed by atoms with Crippen LogP contribution in [0.25, 0.3) is 0 Å². The van der Waals surface area contributed by atoms with Gasteiger partial charge < -0.3 is 0 Å². The Bertz CT molecular complexity index is 316. The summed E-state index contributed by atoms with van der Waals surface area (Å²) < 4.78 is 0. The summed E-state index contributed by atoms with van der Waals surface area (Å²) in [6.07, 6.45) is 0.659. The van der Waals surface area contributed by atoms with E-state index in [-0.39, 0.29) is 5.12 Å². The summed E-state index contributed by atoms with van der Waals surface area (Å²) in [5.41, 5.74) is 1.82. The van der Waals surface area contributed by atoms with Crippen molar-refractivity contribution in [3.63, 3.8) is 0 Å². The molecule has 0 aliphatic carbocycles. The van der Waals surface area contributed by atoms with Gasteiger partial charge in [0.05, 0.1) is 0 Å². The van der Waals surface area contributed by atoms with Gasteiger partial charge in [-0.15, -0.1) is 0 Å². The Balaban J connectivity index is 2.53. The summed E-state index contributed by atoms with van der Waals surface area (Å²) >= 11 is 1.32. The van der Waals surface area contributed by atoms with E-state index in [2.05, 4.69) is 6.58 Å². The predicted molar refractivity (Wildman–Crippen MR) is 62.4 cm³/mol. The molecular weight excluding hydrogens is 192 g/mol. The maximum atomic E-state index is 11.4. The largest absolute Gasteiger partial charge is 0.282 e. The van der Waals surface area contributed by atoms with Gasteiger partial charge in [0.1, 0.15) is 0 Å². The van der Waals surface area contributed by atoms with Crippen molar-refractivity contribution in [1.82, 2.24) is 0 Å². The molecule has 0 aliphatic heterocycles. The van der Waals surface area contributed by atoms with Gasteiger partial charge in [-0.1, -0.05) is 55.6 Å². The van der Waals surface area contributed by atoms with Crippen LogP contribution in [0.5, 0.6) is 0 Å². The van der Waals surface area contributed by atoms with E-state index in [0.29, 0.717) is 12.0 Å². The standard InChI is InChI=1S/C12H14OS/c1-3-14-12(13)10(2)9-11-7-5-4-6-8-11/h4-8H,2-3,9H2,1H3. The highest BCUT2D eigenvalue weighted by atomic mass is 32.2. The first-order valence-corrected chi connectivity index (χ1v) is 5.61. The van der Waals surface area contributed by atoms with E-state index in [1.807, 2.05) is 37.3 Å². The Hall–Kier alpha value is -1.02. The third-order valence-electron chi connectivity index (χ3n) is 1.82.